The average molecular weight is 384 g/mol. The van der Waals surface area contributed by atoms with Crippen LogP contribution < -0.4 is 10.2 Å². The van der Waals surface area contributed by atoms with Gasteiger partial charge in [0.1, 0.15) is 17.6 Å². The molecule has 1 saturated heterocycles. The minimum atomic E-state index is 0.403. The number of aromatic nitrogens is 1. The maximum absolute atomic E-state index is 9.67. The molecule has 2 heterocycles. The summed E-state index contributed by atoms with van der Waals surface area (Å²) in [6.07, 6.45) is 6.24. The third kappa shape index (κ3) is 4.08. The molecule has 1 aliphatic carbocycles. The Bertz CT molecular complexity index is 757. The number of anilines is 1. The topological polar surface area (TPSA) is 55.2 Å². The predicted molar refractivity (Wildman–Crippen MR) is 114 cm³/mol. The van der Waals surface area contributed by atoms with Crippen LogP contribution in [0.15, 0.2) is 12.7 Å². The second-order valence-electron chi connectivity index (χ2n) is 7.58. The highest BCUT2D eigenvalue weighted by atomic mass is 32.1. The van der Waals surface area contributed by atoms with E-state index >= 15 is 0 Å². The molecule has 0 saturated carbocycles. The van der Waals surface area contributed by atoms with Gasteiger partial charge in [-0.15, -0.1) is 6.58 Å². The van der Waals surface area contributed by atoms with Crippen molar-refractivity contribution in [3.8, 4) is 6.07 Å². The molecular weight excluding hydrogens is 354 g/mol. The summed E-state index contributed by atoms with van der Waals surface area (Å²) in [5.41, 5.74) is 4.58. The van der Waals surface area contributed by atoms with Crippen LogP contribution in [0, 0.1) is 11.3 Å². The first-order valence-electron chi connectivity index (χ1n) is 9.91. The van der Waals surface area contributed by atoms with Crippen molar-refractivity contribution >= 4 is 23.1 Å². The molecule has 0 bridgehead atoms. The monoisotopic (exact) mass is 383 g/mol. The van der Waals surface area contributed by atoms with E-state index in [-0.39, 0.29) is 0 Å². The van der Waals surface area contributed by atoms with Gasteiger partial charge in [-0.1, -0.05) is 19.9 Å². The van der Waals surface area contributed by atoms with Crippen LogP contribution in [0.3, 0.4) is 0 Å². The number of fused-ring (bicyclic) bond motifs is 1. The first-order valence-corrected chi connectivity index (χ1v) is 10.3. The summed E-state index contributed by atoms with van der Waals surface area (Å²) in [4.78, 5) is 9.40. The Kier molecular flexibility index (Phi) is 6.33. The third-order valence-corrected chi connectivity index (χ3v) is 5.89. The number of rotatable bonds is 4. The fourth-order valence-corrected chi connectivity index (χ4v) is 4.43. The molecule has 0 amide bonds. The normalized spacial score (nSPS) is 16.7. The lowest BCUT2D eigenvalue weighted by molar-refractivity contribution is 0.379. The Morgan fingerprint density at radius 3 is 2.52 bits per heavy atom. The van der Waals surface area contributed by atoms with Gasteiger partial charge in [0, 0.05) is 38.3 Å². The number of nitrogens with zero attached hydrogens (tertiary/aromatic N) is 4. The highest BCUT2D eigenvalue weighted by molar-refractivity contribution is 7.80. The molecule has 0 radical (unpaired) electrons. The van der Waals surface area contributed by atoms with E-state index in [0.717, 1.165) is 56.4 Å². The van der Waals surface area contributed by atoms with Crippen molar-refractivity contribution in [2.75, 3.05) is 37.6 Å². The zero-order chi connectivity index (χ0) is 19.4. The molecule has 1 aliphatic heterocycles. The smallest absolute Gasteiger partial charge is 0.169 e. The van der Waals surface area contributed by atoms with Crippen LogP contribution in [-0.4, -0.2) is 47.7 Å². The summed E-state index contributed by atoms with van der Waals surface area (Å²) in [6, 6.07) is 2.36. The average Bonchev–Trinajstić information content (AvgIpc) is 2.70. The molecule has 1 N–H and O–H groups in total. The molecule has 27 heavy (non-hydrogen) atoms. The van der Waals surface area contributed by atoms with Crippen molar-refractivity contribution < 1.29 is 0 Å². The Morgan fingerprint density at radius 1 is 1.26 bits per heavy atom. The minimum Gasteiger partial charge on any atom is -0.359 e. The fourth-order valence-electron chi connectivity index (χ4n) is 4.17. The van der Waals surface area contributed by atoms with Gasteiger partial charge in [-0.25, -0.2) is 4.98 Å². The highest BCUT2D eigenvalue weighted by Gasteiger charge is 2.28. The quantitative estimate of drug-likeness (QED) is 0.637. The Labute approximate surface area is 168 Å². The molecule has 1 aromatic heterocycles. The second-order valence-corrected chi connectivity index (χ2v) is 7.96. The summed E-state index contributed by atoms with van der Waals surface area (Å²) in [5, 5.41) is 13.7. The van der Waals surface area contributed by atoms with Gasteiger partial charge >= 0.3 is 0 Å². The van der Waals surface area contributed by atoms with Gasteiger partial charge in [-0.2, -0.15) is 5.26 Å². The van der Waals surface area contributed by atoms with E-state index in [2.05, 4.69) is 41.6 Å². The lowest BCUT2D eigenvalue weighted by Crippen LogP contribution is -2.52. The molecule has 0 aromatic carbocycles. The molecule has 144 valence electrons. The minimum absolute atomic E-state index is 0.403. The maximum atomic E-state index is 9.67. The van der Waals surface area contributed by atoms with Crippen molar-refractivity contribution in [1.82, 2.24) is 15.2 Å². The summed E-state index contributed by atoms with van der Waals surface area (Å²) >= 11 is 5.47. The largest absolute Gasteiger partial charge is 0.359 e. The van der Waals surface area contributed by atoms with Gasteiger partial charge < -0.3 is 15.1 Å². The summed E-state index contributed by atoms with van der Waals surface area (Å²) in [7, 11) is 0. The zero-order valence-electron chi connectivity index (χ0n) is 16.4. The third-order valence-electron chi connectivity index (χ3n) is 5.48. The summed E-state index contributed by atoms with van der Waals surface area (Å²) in [6.45, 7) is 12.4. The van der Waals surface area contributed by atoms with Crippen molar-refractivity contribution in [3.05, 3.63) is 35.0 Å². The van der Waals surface area contributed by atoms with Crippen LogP contribution in [0.2, 0.25) is 0 Å². The van der Waals surface area contributed by atoms with Crippen LogP contribution >= 0.6 is 12.2 Å². The Balaban J connectivity index is 1.86. The molecule has 1 fully saturated rings. The summed E-state index contributed by atoms with van der Waals surface area (Å²) < 4.78 is 0. The summed E-state index contributed by atoms with van der Waals surface area (Å²) in [5.74, 6) is 1.42. The number of thiocarbonyl (C=S) groups is 1. The maximum Gasteiger partial charge on any atom is 0.169 e. The Morgan fingerprint density at radius 2 is 1.93 bits per heavy atom. The van der Waals surface area contributed by atoms with E-state index in [1.54, 1.807) is 0 Å². The molecule has 6 heteroatoms. The van der Waals surface area contributed by atoms with E-state index in [4.69, 9.17) is 17.2 Å². The standard InChI is InChI=1S/C21H29N5S/c1-4-9-23-21(27)26-12-10-25(11-13-26)20-19(15(2)3)17-8-6-5-7-16(17)18(14-22)24-20/h4,15H,1,5-13H2,2-3H3,(H,23,27). The van der Waals surface area contributed by atoms with E-state index in [0.29, 0.717) is 18.2 Å². The molecule has 0 atom stereocenters. The van der Waals surface area contributed by atoms with Gasteiger partial charge in [0.25, 0.3) is 0 Å². The zero-order valence-corrected chi connectivity index (χ0v) is 17.2. The van der Waals surface area contributed by atoms with Crippen LogP contribution in [0.5, 0.6) is 0 Å². The molecular formula is C21H29N5S. The van der Waals surface area contributed by atoms with Gasteiger partial charge in [-0.05, 0) is 54.9 Å². The number of piperazine rings is 1. The number of nitrogens with one attached hydrogen (secondary N) is 1. The first-order chi connectivity index (χ1) is 13.1. The van der Waals surface area contributed by atoms with Crippen molar-refractivity contribution in [1.29, 1.82) is 5.26 Å². The predicted octanol–water partition coefficient (Wildman–Crippen LogP) is 3.14. The molecule has 0 spiro atoms. The van der Waals surface area contributed by atoms with E-state index < -0.39 is 0 Å². The van der Waals surface area contributed by atoms with E-state index in [9.17, 15) is 5.26 Å². The molecule has 5 nitrogen and oxygen atoms in total. The van der Waals surface area contributed by atoms with Crippen molar-refractivity contribution in [3.63, 3.8) is 0 Å². The number of hydrogen-bond acceptors (Lipinski definition) is 4. The van der Waals surface area contributed by atoms with Crippen LogP contribution in [-0.2, 0) is 12.8 Å². The van der Waals surface area contributed by atoms with Crippen LogP contribution in [0.25, 0.3) is 0 Å². The van der Waals surface area contributed by atoms with Crippen LogP contribution in [0.1, 0.15) is 55.0 Å². The fraction of sp³-hybridized carbons (Fsp3) is 0.571. The highest BCUT2D eigenvalue weighted by Crippen LogP contribution is 2.36. The second kappa shape index (κ2) is 8.71. The molecule has 1 aromatic rings. The SMILES string of the molecule is C=CCNC(=S)N1CCN(c2nc(C#N)c3c(c2C(C)C)CCCC3)CC1. The van der Waals surface area contributed by atoms with Gasteiger partial charge in [0.2, 0.25) is 0 Å². The van der Waals surface area contributed by atoms with E-state index in [1.807, 2.05) is 6.08 Å². The number of nitriles is 1. The first kappa shape index (κ1) is 19.6. The van der Waals surface area contributed by atoms with Crippen LogP contribution in [0.4, 0.5) is 5.82 Å². The lowest BCUT2D eigenvalue weighted by atomic mass is 9.84. The van der Waals surface area contributed by atoms with Crippen molar-refractivity contribution in [2.24, 2.45) is 0 Å². The van der Waals surface area contributed by atoms with Gasteiger partial charge in [0.05, 0.1) is 0 Å². The van der Waals surface area contributed by atoms with E-state index in [1.165, 1.54) is 23.1 Å². The van der Waals surface area contributed by atoms with Gasteiger partial charge in [0.15, 0.2) is 5.11 Å². The number of hydrogen-bond donors (Lipinski definition) is 1. The molecule has 0 unspecified atom stereocenters. The van der Waals surface area contributed by atoms with Gasteiger partial charge in [-0.3, -0.25) is 0 Å². The molecule has 2 aliphatic rings. The molecule has 3 rings (SSSR count). The van der Waals surface area contributed by atoms with Crippen molar-refractivity contribution in [2.45, 2.75) is 45.4 Å². The Hall–Kier alpha value is -2.13. The lowest BCUT2D eigenvalue weighted by Gasteiger charge is -2.38. The number of pyridine rings is 1.